The summed E-state index contributed by atoms with van der Waals surface area (Å²) in [6.45, 7) is 0. The number of nitriles is 2. The highest BCUT2D eigenvalue weighted by molar-refractivity contribution is 6.12. The van der Waals surface area contributed by atoms with E-state index in [0.29, 0.717) is 45.4 Å². The Bertz CT molecular complexity index is 3250. The van der Waals surface area contributed by atoms with Crippen molar-refractivity contribution in [1.82, 2.24) is 19.5 Å². The molecule has 6 nitrogen and oxygen atoms in total. The van der Waals surface area contributed by atoms with Crippen LogP contribution in [0.5, 0.6) is 0 Å². The van der Waals surface area contributed by atoms with Gasteiger partial charge in [-0.3, -0.25) is 0 Å². The van der Waals surface area contributed by atoms with Crippen LogP contribution in [-0.4, -0.2) is 19.5 Å². The van der Waals surface area contributed by atoms with Gasteiger partial charge < -0.3 is 4.57 Å². The minimum atomic E-state index is -0.706. The SMILES string of the molecule is N#Cc1ccccc1-c1ccc2c3ccc(-c4ccccc4C#N)cc3n(-c3ccc(-c4ccc(F)cc4F)cc3-c3nc(-c4ccccc4)nc(-c4ccccc4)n3)c2c1. The fourth-order valence-corrected chi connectivity index (χ4v) is 8.01. The molecule has 0 saturated heterocycles. The lowest BCUT2D eigenvalue weighted by Crippen LogP contribution is -2.04. The van der Waals surface area contributed by atoms with Crippen LogP contribution in [0.3, 0.4) is 0 Å². The van der Waals surface area contributed by atoms with Gasteiger partial charge in [0.25, 0.3) is 0 Å². The van der Waals surface area contributed by atoms with E-state index in [1.807, 2.05) is 127 Å². The van der Waals surface area contributed by atoms with E-state index in [0.717, 1.165) is 61.3 Å². The first-order valence-corrected chi connectivity index (χ1v) is 19.5. The van der Waals surface area contributed by atoms with Crippen LogP contribution >= 0.6 is 0 Å². The molecule has 0 unspecified atom stereocenters. The highest BCUT2D eigenvalue weighted by atomic mass is 19.1. The van der Waals surface area contributed by atoms with Gasteiger partial charge in [0.15, 0.2) is 17.5 Å². The van der Waals surface area contributed by atoms with E-state index < -0.39 is 11.6 Å². The van der Waals surface area contributed by atoms with Crippen molar-refractivity contribution in [3.63, 3.8) is 0 Å². The molecule has 10 aromatic rings. The molecule has 0 aliphatic heterocycles. The van der Waals surface area contributed by atoms with E-state index in [1.165, 1.54) is 12.1 Å². The molecule has 0 spiro atoms. The number of benzene rings is 8. The molecule has 0 N–H and O–H groups in total. The maximum Gasteiger partial charge on any atom is 0.166 e. The Hall–Kier alpha value is -8.59. The number of hydrogen-bond acceptors (Lipinski definition) is 5. The zero-order chi connectivity index (χ0) is 41.5. The van der Waals surface area contributed by atoms with Gasteiger partial charge in [0, 0.05) is 39.1 Å². The zero-order valence-corrected chi connectivity index (χ0v) is 32.3. The fourth-order valence-electron chi connectivity index (χ4n) is 8.01. The second-order valence-electron chi connectivity index (χ2n) is 14.5. The predicted octanol–water partition coefficient (Wildman–Crippen LogP) is 13.0. The molecule has 0 amide bonds. The molecule has 0 fully saturated rings. The lowest BCUT2D eigenvalue weighted by molar-refractivity contribution is 0.585. The molecule has 2 aromatic heterocycles. The Labute approximate surface area is 349 Å². The van der Waals surface area contributed by atoms with Crippen LogP contribution in [-0.2, 0) is 0 Å². The molecule has 8 aromatic carbocycles. The molecule has 0 atom stereocenters. The zero-order valence-electron chi connectivity index (χ0n) is 32.3. The Balaban J connectivity index is 1.33. The van der Waals surface area contributed by atoms with Gasteiger partial charge in [-0.2, -0.15) is 10.5 Å². The summed E-state index contributed by atoms with van der Waals surface area (Å²) in [4.78, 5) is 15.2. The molecule has 286 valence electrons. The highest BCUT2D eigenvalue weighted by Crippen LogP contribution is 2.41. The van der Waals surface area contributed by atoms with Gasteiger partial charge in [-0.1, -0.05) is 127 Å². The molecule has 0 aliphatic rings. The van der Waals surface area contributed by atoms with Gasteiger partial charge >= 0.3 is 0 Å². The third-order valence-corrected chi connectivity index (χ3v) is 10.9. The van der Waals surface area contributed by atoms with Crippen LogP contribution in [0.15, 0.2) is 182 Å². The minimum absolute atomic E-state index is 0.211. The first kappa shape index (κ1) is 36.7. The topological polar surface area (TPSA) is 91.2 Å². The molecule has 61 heavy (non-hydrogen) atoms. The Morgan fingerprint density at radius 1 is 0.393 bits per heavy atom. The molecule has 0 radical (unpaired) electrons. The summed E-state index contributed by atoms with van der Waals surface area (Å²) in [6.07, 6.45) is 0. The first-order valence-electron chi connectivity index (χ1n) is 19.5. The van der Waals surface area contributed by atoms with Crippen molar-refractivity contribution in [3.05, 3.63) is 205 Å². The van der Waals surface area contributed by atoms with Gasteiger partial charge in [-0.15, -0.1) is 0 Å². The van der Waals surface area contributed by atoms with E-state index in [9.17, 15) is 14.9 Å². The van der Waals surface area contributed by atoms with Crippen molar-refractivity contribution in [2.24, 2.45) is 0 Å². The molecule has 0 aliphatic carbocycles. The second kappa shape index (κ2) is 15.3. The molecule has 10 rings (SSSR count). The van der Waals surface area contributed by atoms with Crippen molar-refractivity contribution in [1.29, 1.82) is 10.5 Å². The second-order valence-corrected chi connectivity index (χ2v) is 14.5. The summed E-state index contributed by atoms with van der Waals surface area (Å²) < 4.78 is 32.0. The first-order chi connectivity index (χ1) is 30.0. The third-order valence-electron chi connectivity index (χ3n) is 10.9. The van der Waals surface area contributed by atoms with E-state index in [-0.39, 0.29) is 5.56 Å². The molecule has 0 bridgehead atoms. The Kier molecular flexibility index (Phi) is 9.21. The Morgan fingerprint density at radius 2 is 0.869 bits per heavy atom. The largest absolute Gasteiger partial charge is 0.308 e. The van der Waals surface area contributed by atoms with Crippen molar-refractivity contribution in [2.75, 3.05) is 0 Å². The lowest BCUT2D eigenvalue weighted by atomic mass is 9.98. The maximum absolute atomic E-state index is 15.6. The minimum Gasteiger partial charge on any atom is -0.308 e. The van der Waals surface area contributed by atoms with Gasteiger partial charge in [-0.05, 0) is 76.3 Å². The maximum atomic E-state index is 15.6. The number of nitrogens with zero attached hydrogens (tertiary/aromatic N) is 6. The summed E-state index contributed by atoms with van der Waals surface area (Å²) in [5.74, 6) is -0.159. The molecule has 0 saturated carbocycles. The normalized spacial score (nSPS) is 11.1. The standard InChI is InChI=1S/C53H30F2N6/c54-40-22-25-43(47(55)30-40)35-21-26-48(46(27-35)53-59-51(33-11-3-1-4-12-33)58-52(60-53)34-13-5-2-6-14-34)61-49-28-36(41-17-9-7-15-38(41)31-56)19-23-44(49)45-24-20-37(29-50(45)61)42-18-10-8-16-39(42)32-57/h1-30H. The lowest BCUT2D eigenvalue weighted by Gasteiger charge is -2.17. The summed E-state index contributed by atoms with van der Waals surface area (Å²) in [5, 5.41) is 22.1. The van der Waals surface area contributed by atoms with Crippen LogP contribution in [0.4, 0.5) is 8.78 Å². The van der Waals surface area contributed by atoms with Crippen molar-refractivity contribution in [2.45, 2.75) is 0 Å². The van der Waals surface area contributed by atoms with Crippen LogP contribution in [0.1, 0.15) is 11.1 Å². The van der Waals surface area contributed by atoms with Crippen molar-refractivity contribution < 1.29 is 8.78 Å². The van der Waals surface area contributed by atoms with Gasteiger partial charge in [0.1, 0.15) is 11.6 Å². The summed E-state index contributed by atoms with van der Waals surface area (Å²) >= 11 is 0. The van der Waals surface area contributed by atoms with E-state index >= 15 is 4.39 Å². The van der Waals surface area contributed by atoms with Crippen molar-refractivity contribution >= 4 is 21.8 Å². The molecular formula is C53H30F2N6. The van der Waals surface area contributed by atoms with Crippen LogP contribution in [0, 0.1) is 34.3 Å². The van der Waals surface area contributed by atoms with Gasteiger partial charge in [-0.25, -0.2) is 23.7 Å². The van der Waals surface area contributed by atoms with Crippen LogP contribution < -0.4 is 0 Å². The van der Waals surface area contributed by atoms with Crippen LogP contribution in [0.2, 0.25) is 0 Å². The van der Waals surface area contributed by atoms with Crippen molar-refractivity contribution in [3.8, 4) is 85.4 Å². The molecule has 8 heteroatoms. The number of rotatable bonds is 7. The third kappa shape index (κ3) is 6.65. The predicted molar refractivity (Wildman–Crippen MR) is 236 cm³/mol. The number of halogens is 2. The summed E-state index contributed by atoms with van der Waals surface area (Å²) in [7, 11) is 0. The smallest absolute Gasteiger partial charge is 0.166 e. The number of hydrogen-bond donors (Lipinski definition) is 0. The van der Waals surface area contributed by atoms with E-state index in [2.05, 4.69) is 41.0 Å². The highest BCUT2D eigenvalue weighted by Gasteiger charge is 2.22. The number of aromatic nitrogens is 4. The summed E-state index contributed by atoms with van der Waals surface area (Å²) in [5.41, 5.74) is 9.48. The van der Waals surface area contributed by atoms with E-state index in [4.69, 9.17) is 15.0 Å². The summed E-state index contributed by atoms with van der Waals surface area (Å²) in [6, 6.07) is 60.4. The Morgan fingerprint density at radius 3 is 1.39 bits per heavy atom. The molecular weight excluding hydrogens is 759 g/mol. The van der Waals surface area contributed by atoms with Gasteiger partial charge in [0.05, 0.1) is 40.0 Å². The average molecular weight is 789 g/mol. The fraction of sp³-hybridized carbons (Fsp3) is 0. The monoisotopic (exact) mass is 788 g/mol. The molecule has 2 heterocycles. The van der Waals surface area contributed by atoms with E-state index in [1.54, 1.807) is 12.1 Å². The van der Waals surface area contributed by atoms with Crippen LogP contribution in [0.25, 0.3) is 95.0 Å². The average Bonchev–Trinajstić information content (AvgIpc) is 3.64. The number of fused-ring (bicyclic) bond motifs is 3. The quantitative estimate of drug-likeness (QED) is 0.160. The van der Waals surface area contributed by atoms with Gasteiger partial charge in [0.2, 0.25) is 0 Å².